The van der Waals surface area contributed by atoms with Crippen LogP contribution in [0.15, 0.2) is 96.0 Å². The summed E-state index contributed by atoms with van der Waals surface area (Å²) in [5.41, 5.74) is 4.10. The van der Waals surface area contributed by atoms with E-state index in [0.29, 0.717) is 12.3 Å². The largest absolute Gasteiger partial charge is 0.497 e. The van der Waals surface area contributed by atoms with Gasteiger partial charge in [0.05, 0.1) is 24.4 Å². The minimum absolute atomic E-state index is 0.482. The van der Waals surface area contributed by atoms with Gasteiger partial charge < -0.3 is 14.4 Å². The normalized spacial score (nSPS) is 12.3. The lowest BCUT2D eigenvalue weighted by molar-refractivity contribution is 0.180. The van der Waals surface area contributed by atoms with E-state index >= 15 is 0 Å². The highest BCUT2D eigenvalue weighted by Gasteiger charge is 2.12. The van der Waals surface area contributed by atoms with Crippen molar-refractivity contribution in [2.45, 2.75) is 17.5 Å². The van der Waals surface area contributed by atoms with Crippen LogP contribution >= 0.6 is 11.8 Å². The molecule has 0 saturated carbocycles. The number of hydrogen-bond acceptors (Lipinski definition) is 4. The van der Waals surface area contributed by atoms with E-state index in [4.69, 9.17) is 9.72 Å². The van der Waals surface area contributed by atoms with E-state index in [9.17, 15) is 5.11 Å². The van der Waals surface area contributed by atoms with Crippen LogP contribution in [0.1, 0.15) is 0 Å². The zero-order valence-electron chi connectivity index (χ0n) is 17.8. The monoisotopic (exact) mass is 440 g/mol. The first-order valence-electron chi connectivity index (χ1n) is 10.6. The molecule has 5 rings (SSSR count). The summed E-state index contributed by atoms with van der Waals surface area (Å²) in [6, 6.07) is 28.6. The number of para-hydroxylation sites is 1. The van der Waals surface area contributed by atoms with Gasteiger partial charge >= 0.3 is 0 Å². The molecule has 1 unspecified atom stereocenters. The fourth-order valence-electron chi connectivity index (χ4n) is 3.95. The number of aliphatic hydroxyl groups excluding tert-OH is 1. The van der Waals surface area contributed by atoms with Gasteiger partial charge in [-0.2, -0.15) is 0 Å². The van der Waals surface area contributed by atoms with Crippen molar-refractivity contribution in [1.29, 1.82) is 0 Å². The number of benzene rings is 3. The van der Waals surface area contributed by atoms with E-state index in [2.05, 4.69) is 34.9 Å². The van der Waals surface area contributed by atoms with Gasteiger partial charge in [0.25, 0.3) is 0 Å². The van der Waals surface area contributed by atoms with E-state index in [1.165, 1.54) is 0 Å². The lowest BCUT2D eigenvalue weighted by atomic mass is 10.1. The molecule has 160 valence electrons. The predicted molar refractivity (Wildman–Crippen MR) is 132 cm³/mol. The van der Waals surface area contributed by atoms with Crippen LogP contribution in [0.3, 0.4) is 0 Å². The molecule has 0 bridgehead atoms. The summed E-state index contributed by atoms with van der Waals surface area (Å²) >= 11 is 1.68. The first-order valence-corrected chi connectivity index (χ1v) is 11.6. The van der Waals surface area contributed by atoms with E-state index < -0.39 is 6.10 Å². The molecule has 2 heterocycles. The Morgan fingerprint density at radius 3 is 2.62 bits per heavy atom. The maximum atomic E-state index is 10.8. The molecule has 0 radical (unpaired) electrons. The zero-order chi connectivity index (χ0) is 21.9. The Labute approximate surface area is 191 Å². The molecule has 2 aromatic heterocycles. The Kier molecular flexibility index (Phi) is 5.84. The summed E-state index contributed by atoms with van der Waals surface area (Å²) in [5.74, 6) is 1.43. The van der Waals surface area contributed by atoms with Crippen molar-refractivity contribution in [2.75, 3.05) is 12.9 Å². The zero-order valence-corrected chi connectivity index (χ0v) is 18.6. The van der Waals surface area contributed by atoms with Gasteiger partial charge in [0.2, 0.25) is 0 Å². The molecule has 0 spiro atoms. The number of methoxy groups -OCH3 is 1. The number of ether oxygens (including phenoxy) is 1. The maximum Gasteiger partial charge on any atom is 0.119 e. The Morgan fingerprint density at radius 2 is 1.78 bits per heavy atom. The highest BCUT2D eigenvalue weighted by atomic mass is 32.2. The Balaban J connectivity index is 1.37. The van der Waals surface area contributed by atoms with Crippen molar-refractivity contribution in [3.63, 3.8) is 0 Å². The Morgan fingerprint density at radius 1 is 0.969 bits per heavy atom. The SMILES string of the molecule is COc1ccc2c(ccn2CC(O)CSc2cc(-c3ccccc3)nc3ccccc23)c1. The number of thioether (sulfide) groups is 1. The second kappa shape index (κ2) is 9.07. The minimum atomic E-state index is -0.482. The number of aromatic nitrogens is 2. The lowest BCUT2D eigenvalue weighted by Crippen LogP contribution is -2.17. The van der Waals surface area contributed by atoms with Crippen molar-refractivity contribution < 1.29 is 9.84 Å². The third-order valence-corrected chi connectivity index (χ3v) is 6.76. The fourth-order valence-corrected chi connectivity index (χ4v) is 4.95. The molecule has 0 saturated heterocycles. The van der Waals surface area contributed by atoms with Crippen molar-refractivity contribution in [1.82, 2.24) is 9.55 Å². The third kappa shape index (κ3) is 4.22. The van der Waals surface area contributed by atoms with Crippen LogP contribution in [0.4, 0.5) is 0 Å². The topological polar surface area (TPSA) is 47.3 Å². The van der Waals surface area contributed by atoms with Crippen LogP contribution in [-0.2, 0) is 6.54 Å². The molecule has 0 aliphatic rings. The van der Waals surface area contributed by atoms with Crippen molar-refractivity contribution in [3.05, 3.63) is 91.1 Å². The van der Waals surface area contributed by atoms with E-state index in [-0.39, 0.29) is 0 Å². The van der Waals surface area contributed by atoms with Gasteiger partial charge in [-0.15, -0.1) is 11.8 Å². The molecule has 5 heteroatoms. The molecule has 5 aromatic rings. The van der Waals surface area contributed by atoms with Gasteiger partial charge in [-0.1, -0.05) is 48.5 Å². The standard InChI is InChI=1S/C27H24N2O2S/c1-31-22-11-12-26-20(15-22)13-14-29(26)17-21(30)18-32-27-16-25(19-7-3-2-4-8-19)28-24-10-6-5-9-23(24)27/h2-16,21,30H,17-18H2,1H3. The first-order chi connectivity index (χ1) is 15.7. The molecular weight excluding hydrogens is 416 g/mol. The van der Waals surface area contributed by atoms with Gasteiger partial charge in [0.1, 0.15) is 5.75 Å². The molecule has 0 fully saturated rings. The number of nitrogens with zero attached hydrogens (tertiary/aromatic N) is 2. The number of rotatable bonds is 7. The molecule has 0 amide bonds. The van der Waals surface area contributed by atoms with Crippen molar-refractivity contribution >= 4 is 33.6 Å². The van der Waals surface area contributed by atoms with Crippen LogP contribution in [0, 0.1) is 0 Å². The molecular formula is C27H24N2O2S. The summed E-state index contributed by atoms with van der Waals surface area (Å²) in [5, 5.41) is 13.0. The van der Waals surface area contributed by atoms with Crippen LogP contribution in [0.25, 0.3) is 33.1 Å². The minimum Gasteiger partial charge on any atom is -0.497 e. The van der Waals surface area contributed by atoms with Crippen LogP contribution in [-0.4, -0.2) is 33.6 Å². The molecule has 4 nitrogen and oxygen atoms in total. The summed E-state index contributed by atoms with van der Waals surface area (Å²) in [6.07, 6.45) is 1.54. The predicted octanol–water partition coefficient (Wildman–Crippen LogP) is 6.02. The van der Waals surface area contributed by atoms with Crippen LogP contribution in [0.5, 0.6) is 5.75 Å². The lowest BCUT2D eigenvalue weighted by Gasteiger charge is -2.14. The molecule has 1 N–H and O–H groups in total. The quantitative estimate of drug-likeness (QED) is 0.315. The second-order valence-corrected chi connectivity index (χ2v) is 8.81. The molecule has 0 aliphatic carbocycles. The second-order valence-electron chi connectivity index (χ2n) is 7.75. The Hall–Kier alpha value is -3.28. The van der Waals surface area contributed by atoms with Gasteiger partial charge in [0.15, 0.2) is 0 Å². The van der Waals surface area contributed by atoms with Gasteiger partial charge in [-0.05, 0) is 36.4 Å². The number of fused-ring (bicyclic) bond motifs is 2. The number of hydrogen-bond donors (Lipinski definition) is 1. The van der Waals surface area contributed by atoms with Gasteiger partial charge in [0, 0.05) is 45.2 Å². The molecule has 3 aromatic carbocycles. The van der Waals surface area contributed by atoms with E-state index in [1.807, 2.05) is 60.8 Å². The fraction of sp³-hybridized carbons (Fsp3) is 0.148. The van der Waals surface area contributed by atoms with Crippen molar-refractivity contribution in [3.8, 4) is 17.0 Å². The summed E-state index contributed by atoms with van der Waals surface area (Å²) in [4.78, 5) is 5.99. The van der Waals surface area contributed by atoms with Crippen LogP contribution < -0.4 is 4.74 Å². The molecule has 0 aliphatic heterocycles. The van der Waals surface area contributed by atoms with Gasteiger partial charge in [-0.3, -0.25) is 0 Å². The Bertz CT molecular complexity index is 1360. The van der Waals surface area contributed by atoms with Gasteiger partial charge in [-0.25, -0.2) is 4.98 Å². The summed E-state index contributed by atoms with van der Waals surface area (Å²) in [7, 11) is 1.67. The van der Waals surface area contributed by atoms with E-state index in [0.717, 1.165) is 43.7 Å². The highest BCUT2D eigenvalue weighted by molar-refractivity contribution is 7.99. The summed E-state index contributed by atoms with van der Waals surface area (Å²) in [6.45, 7) is 0.539. The number of pyridine rings is 1. The van der Waals surface area contributed by atoms with Crippen molar-refractivity contribution in [2.24, 2.45) is 0 Å². The average molecular weight is 441 g/mol. The smallest absolute Gasteiger partial charge is 0.119 e. The average Bonchev–Trinajstić information content (AvgIpc) is 3.24. The summed E-state index contributed by atoms with van der Waals surface area (Å²) < 4.78 is 7.41. The van der Waals surface area contributed by atoms with Crippen LogP contribution in [0.2, 0.25) is 0 Å². The number of aliphatic hydroxyl groups is 1. The molecule has 1 atom stereocenters. The van der Waals surface area contributed by atoms with E-state index in [1.54, 1.807) is 18.9 Å². The molecule has 32 heavy (non-hydrogen) atoms. The highest BCUT2D eigenvalue weighted by Crippen LogP contribution is 2.32. The first kappa shape index (κ1) is 20.6. The maximum absolute atomic E-state index is 10.8. The third-order valence-electron chi connectivity index (χ3n) is 5.56.